The lowest BCUT2D eigenvalue weighted by Crippen LogP contribution is -2.13. The van der Waals surface area contributed by atoms with Crippen molar-refractivity contribution in [1.29, 1.82) is 0 Å². The number of unbranched alkanes of at least 4 members (excludes halogenated alkanes) is 6. The van der Waals surface area contributed by atoms with Crippen molar-refractivity contribution in [2.75, 3.05) is 0 Å². The summed E-state index contributed by atoms with van der Waals surface area (Å²) in [5.41, 5.74) is 1.15. The molecule has 24 heavy (non-hydrogen) atoms. The third-order valence-electron chi connectivity index (χ3n) is 3.86. The topological polar surface area (TPSA) is 63.6 Å². The molecule has 0 aliphatic heterocycles. The molecule has 0 aromatic heterocycles. The second-order valence-corrected chi connectivity index (χ2v) is 6.08. The van der Waals surface area contributed by atoms with Crippen LogP contribution in [0.2, 0.25) is 0 Å². The Hall–Kier alpha value is -2.10. The number of esters is 1. The summed E-state index contributed by atoms with van der Waals surface area (Å²) in [6.45, 7) is 5.65. The second-order valence-electron chi connectivity index (χ2n) is 6.08. The van der Waals surface area contributed by atoms with Gasteiger partial charge in [0.25, 0.3) is 0 Å². The summed E-state index contributed by atoms with van der Waals surface area (Å²) in [6.07, 6.45) is 9.59. The van der Waals surface area contributed by atoms with E-state index in [9.17, 15) is 9.59 Å². The maximum Gasteiger partial charge on any atom is 0.339 e. The van der Waals surface area contributed by atoms with Crippen LogP contribution >= 0.6 is 0 Å². The molecule has 0 radical (unpaired) electrons. The van der Waals surface area contributed by atoms with Crippen molar-refractivity contribution in [3.05, 3.63) is 42.0 Å². The average molecular weight is 332 g/mol. The number of hydrogen-bond acceptors (Lipinski definition) is 3. The molecule has 4 heteroatoms. The minimum atomic E-state index is -1.10. The fraction of sp³-hybridized carbons (Fsp3) is 0.500. The van der Waals surface area contributed by atoms with Crippen LogP contribution in [0.5, 0.6) is 5.75 Å². The highest BCUT2D eigenvalue weighted by Gasteiger charge is 2.13. The van der Waals surface area contributed by atoms with Gasteiger partial charge in [-0.3, -0.25) is 4.79 Å². The molecule has 0 aliphatic rings. The lowest BCUT2D eigenvalue weighted by Gasteiger charge is -2.07. The van der Waals surface area contributed by atoms with E-state index in [0.717, 1.165) is 6.42 Å². The van der Waals surface area contributed by atoms with Gasteiger partial charge in [-0.05, 0) is 30.5 Å². The highest BCUT2D eigenvalue weighted by molar-refractivity contribution is 5.94. The number of ether oxygens (including phenoxy) is 1. The number of aryl methyl sites for hydroxylation is 1. The van der Waals surface area contributed by atoms with Crippen molar-refractivity contribution in [1.82, 2.24) is 0 Å². The Labute approximate surface area is 144 Å². The van der Waals surface area contributed by atoms with E-state index >= 15 is 0 Å². The van der Waals surface area contributed by atoms with E-state index in [1.807, 2.05) is 12.1 Å². The molecule has 0 aliphatic carbocycles. The monoisotopic (exact) mass is 332 g/mol. The molecule has 0 spiro atoms. The number of hydrogen-bond donors (Lipinski definition) is 1. The first kappa shape index (κ1) is 19.9. The number of carboxylic acids is 1. The van der Waals surface area contributed by atoms with Gasteiger partial charge in [0.2, 0.25) is 0 Å². The van der Waals surface area contributed by atoms with Crippen LogP contribution in [0.25, 0.3) is 0 Å². The van der Waals surface area contributed by atoms with Crippen LogP contribution in [0.3, 0.4) is 0 Å². The van der Waals surface area contributed by atoms with Gasteiger partial charge in [0, 0.05) is 5.57 Å². The van der Waals surface area contributed by atoms with Crippen LogP contribution in [0.1, 0.15) is 63.9 Å². The largest absolute Gasteiger partial charge is 0.481 e. The number of carbonyl (C=O) groups is 2. The SMILES string of the molecule is C=C(CC(=O)O)C(=O)Oc1ccc(CCCCCCCCC)cc1. The molecule has 0 saturated heterocycles. The van der Waals surface area contributed by atoms with Gasteiger partial charge in [-0.15, -0.1) is 0 Å². The van der Waals surface area contributed by atoms with E-state index in [0.29, 0.717) is 5.75 Å². The summed E-state index contributed by atoms with van der Waals surface area (Å²) in [4.78, 5) is 22.2. The average Bonchev–Trinajstić information content (AvgIpc) is 2.55. The molecule has 1 rings (SSSR count). The smallest absolute Gasteiger partial charge is 0.339 e. The lowest BCUT2D eigenvalue weighted by molar-refractivity contribution is -0.138. The Bertz CT molecular complexity index is 531. The fourth-order valence-electron chi connectivity index (χ4n) is 2.44. The first-order chi connectivity index (χ1) is 11.5. The number of carboxylic acid groups (broad SMARTS) is 1. The Balaban J connectivity index is 2.29. The van der Waals surface area contributed by atoms with Crippen LogP contribution in [0.4, 0.5) is 0 Å². The third-order valence-corrected chi connectivity index (χ3v) is 3.86. The minimum absolute atomic E-state index is 0.0605. The van der Waals surface area contributed by atoms with Crippen molar-refractivity contribution in [2.45, 2.75) is 64.7 Å². The van der Waals surface area contributed by atoms with Crippen LogP contribution < -0.4 is 4.74 Å². The van der Waals surface area contributed by atoms with E-state index < -0.39 is 18.4 Å². The molecule has 4 nitrogen and oxygen atoms in total. The van der Waals surface area contributed by atoms with Crippen LogP contribution in [-0.4, -0.2) is 17.0 Å². The predicted octanol–water partition coefficient (Wildman–Crippen LogP) is 4.92. The maximum atomic E-state index is 11.7. The Morgan fingerprint density at radius 3 is 2.17 bits per heavy atom. The second kappa shape index (κ2) is 11.4. The molecule has 132 valence electrons. The molecular weight excluding hydrogens is 304 g/mol. The minimum Gasteiger partial charge on any atom is -0.481 e. The predicted molar refractivity (Wildman–Crippen MR) is 95.2 cm³/mol. The first-order valence-corrected chi connectivity index (χ1v) is 8.73. The molecule has 1 aromatic rings. The molecule has 1 aromatic carbocycles. The van der Waals surface area contributed by atoms with Gasteiger partial charge in [0.05, 0.1) is 6.42 Å². The Morgan fingerprint density at radius 1 is 1.00 bits per heavy atom. The molecular formula is C20H28O4. The number of benzene rings is 1. The van der Waals surface area contributed by atoms with Crippen molar-refractivity contribution in [3.63, 3.8) is 0 Å². The Morgan fingerprint density at radius 2 is 1.58 bits per heavy atom. The van der Waals surface area contributed by atoms with Gasteiger partial charge < -0.3 is 9.84 Å². The standard InChI is InChI=1S/C20H28O4/c1-3-4-5-6-7-8-9-10-17-11-13-18(14-12-17)24-20(23)16(2)15-19(21)22/h11-14H,2-10,15H2,1H3,(H,21,22). The maximum absolute atomic E-state index is 11.7. The van der Waals surface area contributed by atoms with E-state index in [2.05, 4.69) is 13.5 Å². The summed E-state index contributed by atoms with van der Waals surface area (Å²) in [5, 5.41) is 8.63. The molecule has 0 atom stereocenters. The Kier molecular flexibility index (Phi) is 9.51. The normalized spacial score (nSPS) is 10.4. The quantitative estimate of drug-likeness (QED) is 0.255. The van der Waals surface area contributed by atoms with Gasteiger partial charge >= 0.3 is 11.9 Å². The summed E-state index contributed by atoms with van der Waals surface area (Å²) in [5.74, 6) is -1.38. The lowest BCUT2D eigenvalue weighted by atomic mass is 10.0. The van der Waals surface area contributed by atoms with Crippen molar-refractivity contribution in [3.8, 4) is 5.75 Å². The summed E-state index contributed by atoms with van der Waals surface area (Å²) in [6, 6.07) is 7.37. The summed E-state index contributed by atoms with van der Waals surface area (Å²) >= 11 is 0. The highest BCUT2D eigenvalue weighted by atomic mass is 16.5. The molecule has 0 amide bonds. The molecule has 0 bridgehead atoms. The van der Waals surface area contributed by atoms with Gasteiger partial charge in [0.1, 0.15) is 5.75 Å². The van der Waals surface area contributed by atoms with E-state index in [-0.39, 0.29) is 5.57 Å². The zero-order chi connectivity index (χ0) is 17.8. The van der Waals surface area contributed by atoms with E-state index in [1.54, 1.807) is 12.1 Å². The van der Waals surface area contributed by atoms with Crippen LogP contribution in [0, 0.1) is 0 Å². The third kappa shape index (κ3) is 8.51. The van der Waals surface area contributed by atoms with Gasteiger partial charge in [-0.25, -0.2) is 4.79 Å². The number of rotatable bonds is 12. The number of aliphatic carboxylic acids is 1. The molecule has 0 unspecified atom stereocenters. The first-order valence-electron chi connectivity index (χ1n) is 8.73. The van der Waals surface area contributed by atoms with Crippen LogP contribution in [0.15, 0.2) is 36.4 Å². The molecule has 0 heterocycles. The van der Waals surface area contributed by atoms with Crippen molar-refractivity contribution >= 4 is 11.9 Å². The van der Waals surface area contributed by atoms with Crippen molar-refractivity contribution in [2.24, 2.45) is 0 Å². The van der Waals surface area contributed by atoms with Gasteiger partial charge in [0.15, 0.2) is 0 Å². The summed E-state index contributed by atoms with van der Waals surface area (Å²) in [7, 11) is 0. The highest BCUT2D eigenvalue weighted by Crippen LogP contribution is 2.16. The molecule has 0 fully saturated rings. The fourth-order valence-corrected chi connectivity index (χ4v) is 2.44. The summed E-state index contributed by atoms with van der Waals surface area (Å²) < 4.78 is 5.11. The van der Waals surface area contributed by atoms with E-state index in [4.69, 9.17) is 9.84 Å². The zero-order valence-corrected chi connectivity index (χ0v) is 14.6. The van der Waals surface area contributed by atoms with Gasteiger partial charge in [-0.1, -0.05) is 64.2 Å². The number of carbonyl (C=O) groups excluding carboxylic acids is 1. The molecule has 1 N–H and O–H groups in total. The van der Waals surface area contributed by atoms with Gasteiger partial charge in [-0.2, -0.15) is 0 Å². The molecule has 0 saturated carbocycles. The van der Waals surface area contributed by atoms with E-state index in [1.165, 1.54) is 50.5 Å². The zero-order valence-electron chi connectivity index (χ0n) is 14.6. The van der Waals surface area contributed by atoms with Crippen LogP contribution in [-0.2, 0) is 16.0 Å². The van der Waals surface area contributed by atoms with Crippen molar-refractivity contribution < 1.29 is 19.4 Å².